The molecule has 2 rings (SSSR count). The molecule has 0 atom stereocenters. The SMILES string of the molecule is N#C/C(=C/c1ccco1)C(=O)OCc1cncc(Br)c1. The van der Waals surface area contributed by atoms with Crippen LogP contribution in [-0.4, -0.2) is 11.0 Å². The predicted octanol–water partition coefficient (Wildman–Crippen LogP) is 3.09. The molecule has 100 valence electrons. The standard InChI is InChI=1S/C14H9BrN2O3/c15-12-4-10(7-17-8-12)9-20-14(18)11(6-16)5-13-2-1-3-19-13/h1-5,7-8H,9H2/b11-5-. The molecule has 0 aliphatic rings. The first-order valence-corrected chi connectivity index (χ1v) is 6.40. The van der Waals surface area contributed by atoms with E-state index in [4.69, 9.17) is 14.4 Å². The van der Waals surface area contributed by atoms with Crippen LogP contribution in [0.4, 0.5) is 0 Å². The summed E-state index contributed by atoms with van der Waals surface area (Å²) in [5, 5.41) is 8.96. The molecule has 0 spiro atoms. The molecular formula is C14H9BrN2O3. The van der Waals surface area contributed by atoms with Crippen molar-refractivity contribution in [3.05, 3.63) is 58.2 Å². The first-order chi connectivity index (χ1) is 9.69. The lowest BCUT2D eigenvalue weighted by Gasteiger charge is -2.03. The van der Waals surface area contributed by atoms with Gasteiger partial charge in [0.15, 0.2) is 0 Å². The molecule has 2 aromatic heterocycles. The van der Waals surface area contributed by atoms with Crippen molar-refractivity contribution < 1.29 is 13.9 Å². The highest BCUT2D eigenvalue weighted by Crippen LogP contribution is 2.12. The lowest BCUT2D eigenvalue weighted by atomic mass is 10.2. The minimum Gasteiger partial charge on any atom is -0.465 e. The van der Waals surface area contributed by atoms with Crippen LogP contribution in [0.2, 0.25) is 0 Å². The van der Waals surface area contributed by atoms with Crippen LogP contribution in [0.1, 0.15) is 11.3 Å². The molecule has 0 saturated carbocycles. The van der Waals surface area contributed by atoms with Gasteiger partial charge in [0, 0.05) is 28.5 Å². The number of ether oxygens (including phenoxy) is 1. The molecule has 0 amide bonds. The molecule has 20 heavy (non-hydrogen) atoms. The maximum absolute atomic E-state index is 11.8. The summed E-state index contributed by atoms with van der Waals surface area (Å²) in [6.45, 7) is 0.0441. The summed E-state index contributed by atoms with van der Waals surface area (Å²) < 4.78 is 10.9. The Bertz CT molecular complexity index is 672. The third-order valence-electron chi connectivity index (χ3n) is 2.30. The van der Waals surface area contributed by atoms with Crippen LogP contribution in [-0.2, 0) is 16.1 Å². The Kier molecular flexibility index (Phi) is 4.69. The minimum atomic E-state index is -0.705. The number of aromatic nitrogens is 1. The largest absolute Gasteiger partial charge is 0.465 e. The van der Waals surface area contributed by atoms with Crippen LogP contribution >= 0.6 is 15.9 Å². The van der Waals surface area contributed by atoms with E-state index in [1.807, 2.05) is 0 Å². The number of nitriles is 1. The molecule has 0 saturated heterocycles. The van der Waals surface area contributed by atoms with Crippen molar-refractivity contribution >= 4 is 28.0 Å². The van der Waals surface area contributed by atoms with Gasteiger partial charge in [-0.05, 0) is 34.1 Å². The van der Waals surface area contributed by atoms with Gasteiger partial charge in [-0.15, -0.1) is 0 Å². The number of pyridine rings is 1. The van der Waals surface area contributed by atoms with E-state index in [0.29, 0.717) is 5.76 Å². The maximum Gasteiger partial charge on any atom is 0.349 e. The Morgan fingerprint density at radius 2 is 2.40 bits per heavy atom. The van der Waals surface area contributed by atoms with Gasteiger partial charge in [0.1, 0.15) is 24.0 Å². The molecule has 0 aliphatic heterocycles. The van der Waals surface area contributed by atoms with Crippen molar-refractivity contribution in [2.45, 2.75) is 6.61 Å². The van der Waals surface area contributed by atoms with Crippen molar-refractivity contribution in [1.29, 1.82) is 5.26 Å². The number of carbonyl (C=O) groups is 1. The fraction of sp³-hybridized carbons (Fsp3) is 0.0714. The quantitative estimate of drug-likeness (QED) is 0.488. The van der Waals surface area contributed by atoms with E-state index in [1.54, 1.807) is 36.7 Å². The van der Waals surface area contributed by atoms with Gasteiger partial charge in [-0.3, -0.25) is 4.98 Å². The highest BCUT2D eigenvalue weighted by Gasteiger charge is 2.12. The number of furan rings is 1. The fourth-order valence-electron chi connectivity index (χ4n) is 1.41. The average Bonchev–Trinajstić information content (AvgIpc) is 2.95. The molecule has 0 radical (unpaired) electrons. The Morgan fingerprint density at radius 1 is 1.55 bits per heavy atom. The smallest absolute Gasteiger partial charge is 0.349 e. The zero-order valence-corrected chi connectivity index (χ0v) is 11.8. The fourth-order valence-corrected chi connectivity index (χ4v) is 1.83. The third-order valence-corrected chi connectivity index (χ3v) is 2.74. The molecule has 6 heteroatoms. The van der Waals surface area contributed by atoms with Crippen LogP contribution in [0.25, 0.3) is 6.08 Å². The van der Waals surface area contributed by atoms with E-state index in [1.165, 1.54) is 12.3 Å². The van der Waals surface area contributed by atoms with Crippen LogP contribution in [0.3, 0.4) is 0 Å². The van der Waals surface area contributed by atoms with Crippen molar-refractivity contribution in [2.24, 2.45) is 0 Å². The van der Waals surface area contributed by atoms with Gasteiger partial charge in [-0.2, -0.15) is 5.26 Å². The first kappa shape index (κ1) is 14.0. The molecular weight excluding hydrogens is 324 g/mol. The molecule has 0 N–H and O–H groups in total. The van der Waals surface area contributed by atoms with E-state index in [2.05, 4.69) is 20.9 Å². The summed E-state index contributed by atoms with van der Waals surface area (Å²) in [7, 11) is 0. The topological polar surface area (TPSA) is 76.1 Å². The molecule has 5 nitrogen and oxygen atoms in total. The van der Waals surface area contributed by atoms with Gasteiger partial charge in [0.25, 0.3) is 0 Å². The van der Waals surface area contributed by atoms with Gasteiger partial charge in [-0.25, -0.2) is 4.79 Å². The Balaban J connectivity index is 2.02. The predicted molar refractivity (Wildman–Crippen MR) is 74.0 cm³/mol. The molecule has 0 fully saturated rings. The van der Waals surface area contributed by atoms with Gasteiger partial charge in [0.2, 0.25) is 0 Å². The lowest BCUT2D eigenvalue weighted by Crippen LogP contribution is -2.07. The van der Waals surface area contributed by atoms with Crippen LogP contribution in [0.15, 0.2) is 51.3 Å². The maximum atomic E-state index is 11.8. The van der Waals surface area contributed by atoms with Gasteiger partial charge >= 0.3 is 5.97 Å². The van der Waals surface area contributed by atoms with Gasteiger partial charge in [0.05, 0.1) is 6.26 Å². The van der Waals surface area contributed by atoms with Crippen LogP contribution < -0.4 is 0 Å². The Morgan fingerprint density at radius 3 is 3.05 bits per heavy atom. The summed E-state index contributed by atoms with van der Waals surface area (Å²) in [5.41, 5.74) is 0.603. The zero-order valence-electron chi connectivity index (χ0n) is 10.2. The number of esters is 1. The summed E-state index contributed by atoms with van der Waals surface area (Å²) in [4.78, 5) is 15.7. The third kappa shape index (κ3) is 3.80. The van der Waals surface area contributed by atoms with E-state index >= 15 is 0 Å². The van der Waals surface area contributed by atoms with Crippen molar-refractivity contribution in [2.75, 3.05) is 0 Å². The second-order valence-corrected chi connectivity index (χ2v) is 4.69. The minimum absolute atomic E-state index is 0.0441. The Hall–Kier alpha value is -2.39. The molecule has 0 bridgehead atoms. The number of nitrogens with zero attached hydrogens (tertiary/aromatic N) is 2. The number of hydrogen-bond donors (Lipinski definition) is 0. The highest BCUT2D eigenvalue weighted by atomic mass is 79.9. The molecule has 2 heterocycles. The zero-order chi connectivity index (χ0) is 14.4. The van der Waals surface area contributed by atoms with Crippen molar-refractivity contribution in [1.82, 2.24) is 4.98 Å². The van der Waals surface area contributed by atoms with E-state index < -0.39 is 5.97 Å². The van der Waals surface area contributed by atoms with E-state index in [-0.39, 0.29) is 12.2 Å². The molecule has 0 unspecified atom stereocenters. The Labute approximate surface area is 123 Å². The summed E-state index contributed by atoms with van der Waals surface area (Å²) in [6.07, 6.45) is 6.00. The summed E-state index contributed by atoms with van der Waals surface area (Å²) in [6, 6.07) is 6.88. The second kappa shape index (κ2) is 6.68. The first-order valence-electron chi connectivity index (χ1n) is 5.61. The molecule has 2 aromatic rings. The van der Waals surface area contributed by atoms with Crippen LogP contribution in [0.5, 0.6) is 0 Å². The van der Waals surface area contributed by atoms with Crippen molar-refractivity contribution in [3.8, 4) is 6.07 Å². The molecule has 0 aliphatic carbocycles. The second-order valence-electron chi connectivity index (χ2n) is 3.77. The van der Waals surface area contributed by atoms with E-state index in [0.717, 1.165) is 10.0 Å². The monoisotopic (exact) mass is 332 g/mol. The summed E-state index contributed by atoms with van der Waals surface area (Å²) >= 11 is 3.27. The summed E-state index contributed by atoms with van der Waals surface area (Å²) in [5.74, 6) is -0.286. The molecule has 0 aromatic carbocycles. The number of hydrogen-bond acceptors (Lipinski definition) is 5. The highest BCUT2D eigenvalue weighted by molar-refractivity contribution is 9.10. The number of carbonyl (C=O) groups excluding carboxylic acids is 1. The number of rotatable bonds is 4. The van der Waals surface area contributed by atoms with Crippen molar-refractivity contribution in [3.63, 3.8) is 0 Å². The van der Waals surface area contributed by atoms with Gasteiger partial charge < -0.3 is 9.15 Å². The van der Waals surface area contributed by atoms with Crippen LogP contribution in [0, 0.1) is 11.3 Å². The normalized spacial score (nSPS) is 10.9. The van der Waals surface area contributed by atoms with Gasteiger partial charge in [-0.1, -0.05) is 0 Å². The van der Waals surface area contributed by atoms with E-state index in [9.17, 15) is 4.79 Å². The lowest BCUT2D eigenvalue weighted by molar-refractivity contribution is -0.139. The number of halogens is 1. The average molecular weight is 333 g/mol.